The molecular formula is C26H33N5O2. The molecule has 0 saturated carbocycles. The number of hydrogen-bond donors (Lipinski definition) is 0. The molecule has 2 aromatic heterocycles. The molecule has 0 bridgehead atoms. The Balaban J connectivity index is 1.74. The third-order valence-electron chi connectivity index (χ3n) is 6.53. The zero-order valence-electron chi connectivity index (χ0n) is 20.0. The minimum atomic E-state index is -0.205. The van der Waals surface area contributed by atoms with E-state index in [2.05, 4.69) is 23.9 Å². The molecule has 1 fully saturated rings. The summed E-state index contributed by atoms with van der Waals surface area (Å²) in [6.45, 7) is 9.63. The lowest BCUT2D eigenvalue weighted by Gasteiger charge is -2.30. The summed E-state index contributed by atoms with van der Waals surface area (Å²) in [5, 5.41) is 5.25. The Morgan fingerprint density at radius 2 is 1.79 bits per heavy atom. The van der Waals surface area contributed by atoms with Crippen LogP contribution in [0.4, 0.5) is 5.69 Å². The maximum atomic E-state index is 14.0. The standard InChI is InChI=1S/C26H33N5O2/c1-5-20(4)31-25-23(16-27-31)22(15-19(3)28-25)26(33)30(21-11-9-18(2)10-12-21)17-24(32)29-13-7-6-8-14-29/h9-12,15-16,20H,5-8,13-14,17H2,1-4H3. The van der Waals surface area contributed by atoms with E-state index in [0.29, 0.717) is 22.3 Å². The summed E-state index contributed by atoms with van der Waals surface area (Å²) < 4.78 is 1.88. The lowest BCUT2D eigenvalue weighted by atomic mass is 10.1. The van der Waals surface area contributed by atoms with Crippen molar-refractivity contribution in [2.75, 3.05) is 24.5 Å². The number of rotatable bonds is 6. The molecule has 0 aliphatic carbocycles. The number of aromatic nitrogens is 3. The molecule has 1 atom stereocenters. The number of piperidine rings is 1. The first-order valence-corrected chi connectivity index (χ1v) is 11.9. The van der Waals surface area contributed by atoms with Crippen molar-refractivity contribution >= 4 is 28.5 Å². The number of carbonyl (C=O) groups excluding carboxylic acids is 2. The van der Waals surface area contributed by atoms with Gasteiger partial charge in [0, 0.05) is 24.5 Å². The van der Waals surface area contributed by atoms with Gasteiger partial charge in [0.1, 0.15) is 6.54 Å². The number of carbonyl (C=O) groups is 2. The molecular weight excluding hydrogens is 414 g/mol. The first-order valence-electron chi connectivity index (χ1n) is 11.9. The number of benzene rings is 1. The van der Waals surface area contributed by atoms with Crippen LogP contribution in [0.2, 0.25) is 0 Å². The van der Waals surface area contributed by atoms with Crippen molar-refractivity contribution in [1.29, 1.82) is 0 Å². The molecule has 1 aromatic carbocycles. The van der Waals surface area contributed by atoms with Gasteiger partial charge in [0.25, 0.3) is 5.91 Å². The van der Waals surface area contributed by atoms with Gasteiger partial charge in [0.2, 0.25) is 5.91 Å². The van der Waals surface area contributed by atoms with Crippen LogP contribution in [0.15, 0.2) is 36.5 Å². The number of pyridine rings is 1. The van der Waals surface area contributed by atoms with E-state index < -0.39 is 0 Å². The van der Waals surface area contributed by atoms with E-state index in [1.54, 1.807) is 17.2 Å². The Hall–Kier alpha value is -3.22. The van der Waals surface area contributed by atoms with Gasteiger partial charge in [-0.1, -0.05) is 24.6 Å². The molecule has 7 nitrogen and oxygen atoms in total. The topological polar surface area (TPSA) is 71.3 Å². The van der Waals surface area contributed by atoms with Crippen LogP contribution in [0.5, 0.6) is 0 Å². The fourth-order valence-electron chi connectivity index (χ4n) is 4.34. The second-order valence-corrected chi connectivity index (χ2v) is 9.06. The van der Waals surface area contributed by atoms with Crippen molar-refractivity contribution in [3.05, 3.63) is 53.3 Å². The number of hydrogen-bond acceptors (Lipinski definition) is 4. The van der Waals surface area contributed by atoms with E-state index in [0.717, 1.165) is 50.0 Å². The average Bonchev–Trinajstić information content (AvgIpc) is 3.26. The van der Waals surface area contributed by atoms with Crippen molar-refractivity contribution in [3.63, 3.8) is 0 Å². The fourth-order valence-corrected chi connectivity index (χ4v) is 4.34. The Labute approximate surface area is 195 Å². The average molecular weight is 448 g/mol. The van der Waals surface area contributed by atoms with Crippen LogP contribution in [-0.2, 0) is 4.79 Å². The number of nitrogens with zero attached hydrogens (tertiary/aromatic N) is 5. The van der Waals surface area contributed by atoms with E-state index in [1.165, 1.54) is 0 Å². The highest BCUT2D eigenvalue weighted by Crippen LogP contribution is 2.26. The van der Waals surface area contributed by atoms with Gasteiger partial charge in [-0.15, -0.1) is 0 Å². The Bertz CT molecular complexity index is 1150. The maximum absolute atomic E-state index is 14.0. The van der Waals surface area contributed by atoms with Gasteiger partial charge in [0.05, 0.1) is 23.2 Å². The molecule has 1 saturated heterocycles. The van der Waals surface area contributed by atoms with Crippen LogP contribution in [0, 0.1) is 13.8 Å². The highest BCUT2D eigenvalue weighted by Gasteiger charge is 2.27. The molecule has 7 heteroatoms. The molecule has 1 aliphatic rings. The molecule has 0 radical (unpaired) electrons. The SMILES string of the molecule is CCC(C)n1ncc2c(C(=O)N(CC(=O)N3CCCCC3)c3ccc(C)cc3)cc(C)nc21. The predicted octanol–water partition coefficient (Wildman–Crippen LogP) is 4.68. The van der Waals surface area contributed by atoms with Crippen molar-refractivity contribution in [3.8, 4) is 0 Å². The minimum Gasteiger partial charge on any atom is -0.341 e. The Morgan fingerprint density at radius 1 is 1.09 bits per heavy atom. The van der Waals surface area contributed by atoms with Gasteiger partial charge in [-0.05, 0) is 64.7 Å². The smallest absolute Gasteiger partial charge is 0.259 e. The maximum Gasteiger partial charge on any atom is 0.259 e. The van der Waals surface area contributed by atoms with Gasteiger partial charge in [-0.25, -0.2) is 9.67 Å². The number of likely N-dealkylation sites (tertiary alicyclic amines) is 1. The number of amides is 2. The number of aryl methyl sites for hydroxylation is 2. The van der Waals surface area contributed by atoms with Crippen molar-refractivity contribution in [1.82, 2.24) is 19.7 Å². The lowest BCUT2D eigenvalue weighted by Crippen LogP contribution is -2.45. The number of fused-ring (bicyclic) bond motifs is 1. The molecule has 4 rings (SSSR count). The van der Waals surface area contributed by atoms with Gasteiger partial charge in [-0.3, -0.25) is 14.5 Å². The van der Waals surface area contributed by atoms with Crippen LogP contribution < -0.4 is 4.90 Å². The molecule has 3 heterocycles. The first kappa shape index (κ1) is 23.0. The van der Waals surface area contributed by atoms with E-state index in [9.17, 15) is 9.59 Å². The van der Waals surface area contributed by atoms with E-state index >= 15 is 0 Å². The molecule has 174 valence electrons. The van der Waals surface area contributed by atoms with Gasteiger partial charge < -0.3 is 4.90 Å². The van der Waals surface area contributed by atoms with Crippen LogP contribution in [0.3, 0.4) is 0 Å². The van der Waals surface area contributed by atoms with Gasteiger partial charge >= 0.3 is 0 Å². The Kier molecular flexibility index (Phi) is 6.77. The lowest BCUT2D eigenvalue weighted by molar-refractivity contribution is -0.130. The van der Waals surface area contributed by atoms with Gasteiger partial charge in [0.15, 0.2) is 5.65 Å². The number of anilines is 1. The molecule has 1 unspecified atom stereocenters. The molecule has 33 heavy (non-hydrogen) atoms. The second-order valence-electron chi connectivity index (χ2n) is 9.06. The summed E-state index contributed by atoms with van der Waals surface area (Å²) in [4.78, 5) is 35.3. The largest absolute Gasteiger partial charge is 0.341 e. The summed E-state index contributed by atoms with van der Waals surface area (Å²) >= 11 is 0. The summed E-state index contributed by atoms with van der Waals surface area (Å²) in [6.07, 6.45) is 5.82. The van der Waals surface area contributed by atoms with Crippen LogP contribution >= 0.6 is 0 Å². The zero-order chi connectivity index (χ0) is 23.5. The fraction of sp³-hybridized carbons (Fsp3) is 0.462. The molecule has 3 aromatic rings. The molecule has 1 aliphatic heterocycles. The van der Waals surface area contributed by atoms with E-state index in [-0.39, 0.29) is 24.4 Å². The highest BCUT2D eigenvalue weighted by molar-refractivity contribution is 6.14. The van der Waals surface area contributed by atoms with Crippen LogP contribution in [0.25, 0.3) is 11.0 Å². The third-order valence-corrected chi connectivity index (χ3v) is 6.53. The first-order chi connectivity index (χ1) is 15.9. The van der Waals surface area contributed by atoms with Crippen molar-refractivity contribution < 1.29 is 9.59 Å². The van der Waals surface area contributed by atoms with E-state index in [4.69, 9.17) is 0 Å². The van der Waals surface area contributed by atoms with Crippen LogP contribution in [0.1, 0.15) is 67.2 Å². The Morgan fingerprint density at radius 3 is 2.45 bits per heavy atom. The van der Waals surface area contributed by atoms with Crippen molar-refractivity contribution in [2.45, 2.75) is 59.4 Å². The molecule has 0 spiro atoms. The molecule has 0 N–H and O–H groups in total. The predicted molar refractivity (Wildman–Crippen MR) is 131 cm³/mol. The zero-order valence-corrected chi connectivity index (χ0v) is 20.0. The third kappa shape index (κ3) is 4.77. The van der Waals surface area contributed by atoms with Crippen LogP contribution in [-0.4, -0.2) is 51.1 Å². The second kappa shape index (κ2) is 9.73. The summed E-state index contributed by atoms with van der Waals surface area (Å²) in [6, 6.07) is 9.73. The van der Waals surface area contributed by atoms with Gasteiger partial charge in [-0.2, -0.15) is 5.10 Å². The highest BCUT2D eigenvalue weighted by atomic mass is 16.2. The minimum absolute atomic E-state index is 0.0130. The van der Waals surface area contributed by atoms with E-state index in [1.807, 2.05) is 47.7 Å². The monoisotopic (exact) mass is 447 g/mol. The summed E-state index contributed by atoms with van der Waals surface area (Å²) in [5.41, 5.74) is 3.80. The summed E-state index contributed by atoms with van der Waals surface area (Å²) in [7, 11) is 0. The van der Waals surface area contributed by atoms with Crippen molar-refractivity contribution in [2.24, 2.45) is 0 Å². The summed E-state index contributed by atoms with van der Waals surface area (Å²) in [5.74, 6) is -0.218. The normalized spacial score (nSPS) is 15.0. The molecule has 2 amide bonds. The quantitative estimate of drug-likeness (QED) is 0.550.